The number of hydrogen-bond donors (Lipinski definition) is 1. The summed E-state index contributed by atoms with van der Waals surface area (Å²) in [6.07, 6.45) is 3.05. The number of carbonyl (C=O) groups is 1. The van der Waals surface area contributed by atoms with Crippen LogP contribution in [0.4, 0.5) is 0 Å². The van der Waals surface area contributed by atoms with Crippen LogP contribution in [0.5, 0.6) is 0 Å². The minimum Gasteiger partial charge on any atom is -0.465 e. The number of nitrogens with zero attached hydrogens (tertiary/aromatic N) is 1. The second-order valence-corrected chi connectivity index (χ2v) is 3.81. The lowest BCUT2D eigenvalue weighted by Crippen LogP contribution is -2.32. The van der Waals surface area contributed by atoms with Crippen molar-refractivity contribution in [1.82, 2.24) is 5.32 Å². The minimum absolute atomic E-state index is 0.222. The van der Waals surface area contributed by atoms with E-state index in [9.17, 15) is 4.79 Å². The monoisotopic (exact) mass is 268 g/mol. The molecular formula is C13H20N2O4. The molecule has 0 saturated carbocycles. The maximum absolute atomic E-state index is 11.8. The molecule has 0 spiro atoms. The van der Waals surface area contributed by atoms with E-state index in [1.165, 1.54) is 6.26 Å². The Kier molecular flexibility index (Phi) is 7.34. The number of methoxy groups -OCH3 is 1. The molecule has 1 N–H and O–H groups in total. The Bertz CT molecular complexity index is 387. The minimum atomic E-state index is -0.369. The Hall–Kier alpha value is -1.82. The van der Waals surface area contributed by atoms with Gasteiger partial charge in [-0.1, -0.05) is 6.92 Å². The summed E-state index contributed by atoms with van der Waals surface area (Å²) in [5.41, 5.74) is 0. The summed E-state index contributed by atoms with van der Waals surface area (Å²) < 4.78 is 15.3. The summed E-state index contributed by atoms with van der Waals surface area (Å²) in [6, 6.07) is 3.45. The number of amides is 1. The molecule has 6 nitrogen and oxygen atoms in total. The Morgan fingerprint density at radius 1 is 1.47 bits per heavy atom. The number of carbonyl (C=O) groups excluding carboxylic acids is 1. The smallest absolute Gasteiger partial charge is 0.294 e. The Balaban J connectivity index is 2.50. The van der Waals surface area contributed by atoms with E-state index in [4.69, 9.17) is 13.9 Å². The molecule has 0 aromatic carbocycles. The molecular weight excluding hydrogens is 248 g/mol. The summed E-state index contributed by atoms with van der Waals surface area (Å²) in [5.74, 6) is -0.142. The molecule has 0 saturated heterocycles. The van der Waals surface area contributed by atoms with Crippen molar-refractivity contribution in [2.75, 3.05) is 26.9 Å². The van der Waals surface area contributed by atoms with Crippen molar-refractivity contribution in [2.45, 2.75) is 19.8 Å². The van der Waals surface area contributed by atoms with Crippen LogP contribution >= 0.6 is 0 Å². The maximum Gasteiger partial charge on any atom is 0.294 e. The van der Waals surface area contributed by atoms with E-state index in [-0.39, 0.29) is 17.7 Å². The molecule has 0 unspecified atom stereocenters. The van der Waals surface area contributed by atoms with Gasteiger partial charge in [-0.15, -0.1) is 0 Å². The van der Waals surface area contributed by atoms with Gasteiger partial charge in [-0.3, -0.25) is 10.1 Å². The Morgan fingerprint density at radius 3 is 2.95 bits per heavy atom. The van der Waals surface area contributed by atoms with Crippen LogP contribution < -0.4 is 5.32 Å². The van der Waals surface area contributed by atoms with Crippen LogP contribution in [-0.2, 0) is 9.47 Å². The van der Waals surface area contributed by atoms with Gasteiger partial charge >= 0.3 is 0 Å². The summed E-state index contributed by atoms with van der Waals surface area (Å²) in [5, 5.41) is 2.59. The number of furan rings is 1. The molecule has 0 aliphatic rings. The molecule has 1 aromatic rings. The molecule has 0 radical (unpaired) electrons. The first-order chi connectivity index (χ1) is 9.27. The van der Waals surface area contributed by atoms with Crippen molar-refractivity contribution >= 4 is 11.9 Å². The number of amidine groups is 1. The lowest BCUT2D eigenvalue weighted by molar-refractivity contribution is 0.0938. The Labute approximate surface area is 112 Å². The molecule has 1 rings (SSSR count). The average molecular weight is 268 g/mol. The van der Waals surface area contributed by atoms with E-state index < -0.39 is 0 Å². The molecule has 6 heteroatoms. The predicted octanol–water partition coefficient (Wildman–Crippen LogP) is 1.83. The van der Waals surface area contributed by atoms with Crippen molar-refractivity contribution in [2.24, 2.45) is 4.99 Å². The molecule has 0 bridgehead atoms. The molecule has 106 valence electrons. The van der Waals surface area contributed by atoms with Crippen molar-refractivity contribution in [3.8, 4) is 0 Å². The van der Waals surface area contributed by atoms with Gasteiger partial charge in [0.2, 0.25) is 0 Å². The van der Waals surface area contributed by atoms with Gasteiger partial charge in [-0.05, 0) is 25.0 Å². The fourth-order valence-electron chi connectivity index (χ4n) is 1.28. The van der Waals surface area contributed by atoms with E-state index in [1.54, 1.807) is 19.2 Å². The molecule has 1 aromatic heterocycles. The molecule has 0 atom stereocenters. The van der Waals surface area contributed by atoms with Gasteiger partial charge in [0.15, 0.2) is 5.76 Å². The largest absolute Gasteiger partial charge is 0.465 e. The highest BCUT2D eigenvalue weighted by molar-refractivity contribution is 6.02. The van der Waals surface area contributed by atoms with Crippen molar-refractivity contribution in [3.05, 3.63) is 24.2 Å². The number of hydrogen-bond acceptors (Lipinski definition) is 5. The zero-order chi connectivity index (χ0) is 13.9. The second-order valence-electron chi connectivity index (χ2n) is 3.81. The quantitative estimate of drug-likeness (QED) is 0.465. The number of ether oxygens (including phenoxy) is 2. The number of nitrogens with one attached hydrogen (secondary N) is 1. The van der Waals surface area contributed by atoms with E-state index in [1.807, 2.05) is 6.92 Å². The van der Waals surface area contributed by atoms with Crippen LogP contribution in [0.25, 0.3) is 0 Å². The van der Waals surface area contributed by atoms with E-state index in [0.717, 1.165) is 12.8 Å². The van der Waals surface area contributed by atoms with Gasteiger partial charge in [0.25, 0.3) is 11.9 Å². The van der Waals surface area contributed by atoms with E-state index >= 15 is 0 Å². The van der Waals surface area contributed by atoms with Crippen LogP contribution in [0.2, 0.25) is 0 Å². The van der Waals surface area contributed by atoms with Crippen LogP contribution in [-0.4, -0.2) is 38.8 Å². The summed E-state index contributed by atoms with van der Waals surface area (Å²) in [4.78, 5) is 16.0. The zero-order valence-corrected chi connectivity index (χ0v) is 11.3. The van der Waals surface area contributed by atoms with Gasteiger partial charge in [-0.2, -0.15) is 0 Å². The number of rotatable bonds is 7. The lowest BCUT2D eigenvalue weighted by Gasteiger charge is -2.09. The second kappa shape index (κ2) is 9.16. The molecule has 0 aliphatic carbocycles. The van der Waals surface area contributed by atoms with E-state index in [0.29, 0.717) is 19.8 Å². The lowest BCUT2D eigenvalue weighted by atomic mass is 10.4. The highest BCUT2D eigenvalue weighted by atomic mass is 16.5. The van der Waals surface area contributed by atoms with Crippen LogP contribution in [0.15, 0.2) is 27.8 Å². The van der Waals surface area contributed by atoms with Gasteiger partial charge in [-0.25, -0.2) is 4.99 Å². The fraction of sp³-hybridized carbons (Fsp3) is 0.538. The topological polar surface area (TPSA) is 73.1 Å². The molecule has 19 heavy (non-hydrogen) atoms. The van der Waals surface area contributed by atoms with Crippen molar-refractivity contribution in [3.63, 3.8) is 0 Å². The number of aliphatic imine (C=N–C) groups is 1. The van der Waals surface area contributed by atoms with Crippen LogP contribution in [0.3, 0.4) is 0 Å². The van der Waals surface area contributed by atoms with Gasteiger partial charge in [0, 0.05) is 20.3 Å². The summed E-state index contributed by atoms with van der Waals surface area (Å²) in [6.45, 7) is 3.64. The van der Waals surface area contributed by atoms with E-state index in [2.05, 4.69) is 10.3 Å². The molecule has 1 amide bonds. The first-order valence-electron chi connectivity index (χ1n) is 6.29. The fourth-order valence-corrected chi connectivity index (χ4v) is 1.28. The van der Waals surface area contributed by atoms with Gasteiger partial charge in [0.1, 0.15) is 0 Å². The maximum atomic E-state index is 11.8. The first kappa shape index (κ1) is 15.2. The van der Waals surface area contributed by atoms with Crippen molar-refractivity contribution < 1.29 is 18.7 Å². The van der Waals surface area contributed by atoms with Crippen LogP contribution in [0.1, 0.15) is 30.3 Å². The van der Waals surface area contributed by atoms with Gasteiger partial charge < -0.3 is 13.9 Å². The summed E-state index contributed by atoms with van der Waals surface area (Å²) in [7, 11) is 1.64. The molecule has 0 aliphatic heterocycles. The van der Waals surface area contributed by atoms with Crippen LogP contribution in [0, 0.1) is 0 Å². The molecule has 1 heterocycles. The summed E-state index contributed by atoms with van der Waals surface area (Å²) >= 11 is 0. The highest BCUT2D eigenvalue weighted by Crippen LogP contribution is 1.99. The predicted molar refractivity (Wildman–Crippen MR) is 71.2 cm³/mol. The first-order valence-corrected chi connectivity index (χ1v) is 6.29. The third-order valence-corrected chi connectivity index (χ3v) is 2.17. The molecule has 0 fully saturated rings. The third-order valence-electron chi connectivity index (χ3n) is 2.17. The van der Waals surface area contributed by atoms with Crippen molar-refractivity contribution in [1.29, 1.82) is 0 Å². The normalized spacial score (nSPS) is 11.4. The highest BCUT2D eigenvalue weighted by Gasteiger charge is 2.11. The average Bonchev–Trinajstić information content (AvgIpc) is 2.94. The Morgan fingerprint density at radius 2 is 2.32 bits per heavy atom. The zero-order valence-electron chi connectivity index (χ0n) is 11.3. The third kappa shape index (κ3) is 6.05. The SMILES string of the molecule is CCCOC(=NCCCOC)NC(=O)c1ccco1. The van der Waals surface area contributed by atoms with Gasteiger partial charge in [0.05, 0.1) is 12.9 Å². The standard InChI is InChI=1S/C13H20N2O4/c1-3-8-19-13(14-7-5-9-17-2)15-12(16)11-6-4-10-18-11/h4,6,10H,3,5,7-9H2,1-2H3,(H,14,15,16).